The molecule has 2 aromatic carbocycles. The molecule has 0 spiro atoms. The first-order valence-corrected chi connectivity index (χ1v) is 9.28. The zero-order valence-corrected chi connectivity index (χ0v) is 16.5. The lowest BCUT2D eigenvalue weighted by Gasteiger charge is -2.26. The molecule has 0 aliphatic rings. The number of methoxy groups -OCH3 is 2. The lowest BCUT2D eigenvalue weighted by atomic mass is 9.92. The van der Waals surface area contributed by atoms with Crippen molar-refractivity contribution >= 4 is 16.7 Å². The summed E-state index contributed by atoms with van der Waals surface area (Å²) in [5, 5.41) is 5.50. The molecule has 1 unspecified atom stereocenters. The smallest absolute Gasteiger partial charge is 0.220 e. The molecule has 142 valence electrons. The molecule has 4 heteroatoms. The van der Waals surface area contributed by atoms with Gasteiger partial charge in [-0.3, -0.25) is 4.79 Å². The standard InChI is InChI=1S/C22H31NO3/c1-15(2)13-18(22(25-4)26-5)14-21(24)23-16(3)19-12-8-10-17-9-6-7-11-20(17)19/h6-12,15-16,18,22H,13-14H2,1-5H3,(H,23,24)/t16-,18?/m1/s1. The van der Waals surface area contributed by atoms with Crippen LogP contribution in [-0.2, 0) is 14.3 Å². The number of ether oxygens (including phenoxy) is 2. The highest BCUT2D eigenvalue weighted by atomic mass is 16.7. The molecule has 2 atom stereocenters. The van der Waals surface area contributed by atoms with Gasteiger partial charge in [-0.1, -0.05) is 56.3 Å². The Hall–Kier alpha value is -1.91. The van der Waals surface area contributed by atoms with E-state index in [-0.39, 0.29) is 24.2 Å². The number of rotatable bonds is 9. The Kier molecular flexibility index (Phi) is 7.61. The van der Waals surface area contributed by atoms with Gasteiger partial charge < -0.3 is 14.8 Å². The SMILES string of the molecule is COC(OC)C(CC(=O)N[C@H](C)c1cccc2ccccc12)CC(C)C. The third-order valence-electron chi connectivity index (χ3n) is 4.74. The van der Waals surface area contributed by atoms with Crippen molar-refractivity contribution < 1.29 is 14.3 Å². The van der Waals surface area contributed by atoms with Crippen LogP contribution in [0, 0.1) is 11.8 Å². The predicted molar refractivity (Wildman–Crippen MR) is 106 cm³/mol. The highest BCUT2D eigenvalue weighted by molar-refractivity contribution is 5.86. The first-order chi connectivity index (χ1) is 12.5. The molecule has 0 bridgehead atoms. The normalized spacial score (nSPS) is 14.0. The van der Waals surface area contributed by atoms with Crippen molar-refractivity contribution in [2.24, 2.45) is 11.8 Å². The molecule has 1 amide bonds. The Balaban J connectivity index is 2.09. The lowest BCUT2D eigenvalue weighted by Crippen LogP contribution is -2.34. The van der Waals surface area contributed by atoms with Gasteiger partial charge in [0.25, 0.3) is 0 Å². The molecule has 0 radical (unpaired) electrons. The van der Waals surface area contributed by atoms with E-state index in [2.05, 4.69) is 43.4 Å². The van der Waals surface area contributed by atoms with Crippen molar-refractivity contribution in [3.63, 3.8) is 0 Å². The van der Waals surface area contributed by atoms with E-state index in [9.17, 15) is 4.79 Å². The van der Waals surface area contributed by atoms with Crippen molar-refractivity contribution in [1.82, 2.24) is 5.32 Å². The molecular formula is C22H31NO3. The van der Waals surface area contributed by atoms with E-state index in [0.29, 0.717) is 12.3 Å². The Morgan fingerprint density at radius 1 is 1.00 bits per heavy atom. The summed E-state index contributed by atoms with van der Waals surface area (Å²) in [6.45, 7) is 6.32. The van der Waals surface area contributed by atoms with Crippen LogP contribution in [0.1, 0.15) is 45.2 Å². The van der Waals surface area contributed by atoms with Crippen LogP contribution in [0.25, 0.3) is 10.8 Å². The molecule has 2 rings (SSSR count). The van der Waals surface area contributed by atoms with E-state index in [4.69, 9.17) is 9.47 Å². The molecule has 0 aromatic heterocycles. The van der Waals surface area contributed by atoms with E-state index in [0.717, 1.165) is 12.0 Å². The highest BCUT2D eigenvalue weighted by Gasteiger charge is 2.25. The number of nitrogens with one attached hydrogen (secondary N) is 1. The van der Waals surface area contributed by atoms with Crippen molar-refractivity contribution in [2.45, 2.75) is 45.9 Å². The highest BCUT2D eigenvalue weighted by Crippen LogP contribution is 2.26. The largest absolute Gasteiger partial charge is 0.356 e. The molecule has 4 nitrogen and oxygen atoms in total. The Morgan fingerprint density at radius 3 is 2.31 bits per heavy atom. The molecule has 0 saturated heterocycles. The summed E-state index contributed by atoms with van der Waals surface area (Å²) < 4.78 is 10.8. The fourth-order valence-electron chi connectivity index (χ4n) is 3.62. The monoisotopic (exact) mass is 357 g/mol. The van der Waals surface area contributed by atoms with E-state index in [1.54, 1.807) is 14.2 Å². The van der Waals surface area contributed by atoms with Crippen molar-refractivity contribution in [3.8, 4) is 0 Å². The fraction of sp³-hybridized carbons (Fsp3) is 0.500. The van der Waals surface area contributed by atoms with Gasteiger partial charge in [-0.25, -0.2) is 0 Å². The number of carbonyl (C=O) groups excluding carboxylic acids is 1. The van der Waals surface area contributed by atoms with Crippen LogP contribution in [0.2, 0.25) is 0 Å². The number of carbonyl (C=O) groups is 1. The summed E-state index contributed by atoms with van der Waals surface area (Å²) in [5.74, 6) is 0.524. The maximum atomic E-state index is 12.7. The van der Waals surface area contributed by atoms with Gasteiger partial charge in [0.05, 0.1) is 6.04 Å². The maximum Gasteiger partial charge on any atom is 0.220 e. The number of fused-ring (bicyclic) bond motifs is 1. The first kappa shape index (κ1) is 20.4. The van der Waals surface area contributed by atoms with E-state index < -0.39 is 0 Å². The molecule has 26 heavy (non-hydrogen) atoms. The molecule has 0 saturated carbocycles. The van der Waals surface area contributed by atoms with Gasteiger partial charge in [0.2, 0.25) is 5.91 Å². The minimum Gasteiger partial charge on any atom is -0.356 e. The lowest BCUT2D eigenvalue weighted by molar-refractivity contribution is -0.149. The summed E-state index contributed by atoms with van der Waals surface area (Å²) in [6.07, 6.45) is 0.901. The van der Waals surface area contributed by atoms with Crippen LogP contribution in [-0.4, -0.2) is 26.4 Å². The van der Waals surface area contributed by atoms with Crippen LogP contribution in [0.5, 0.6) is 0 Å². The minimum atomic E-state index is -0.365. The molecule has 0 fully saturated rings. The second kappa shape index (κ2) is 9.70. The summed E-state index contributed by atoms with van der Waals surface area (Å²) in [7, 11) is 3.25. The van der Waals surface area contributed by atoms with Gasteiger partial charge in [0, 0.05) is 26.6 Å². The van der Waals surface area contributed by atoms with Crippen molar-refractivity contribution in [3.05, 3.63) is 48.0 Å². The quantitative estimate of drug-likeness (QED) is 0.662. The Labute approximate surface area is 156 Å². The van der Waals surface area contributed by atoms with Gasteiger partial charge in [0.1, 0.15) is 0 Å². The van der Waals surface area contributed by atoms with Gasteiger partial charge >= 0.3 is 0 Å². The molecule has 0 heterocycles. The zero-order valence-electron chi connectivity index (χ0n) is 16.5. The minimum absolute atomic E-state index is 0.0233. The van der Waals surface area contributed by atoms with E-state index >= 15 is 0 Å². The zero-order chi connectivity index (χ0) is 19.1. The summed E-state index contributed by atoms with van der Waals surface area (Å²) >= 11 is 0. The number of hydrogen-bond donors (Lipinski definition) is 1. The summed E-state index contributed by atoms with van der Waals surface area (Å²) in [6, 6.07) is 14.4. The second-order valence-corrected chi connectivity index (χ2v) is 7.29. The molecule has 0 aliphatic carbocycles. The average molecular weight is 357 g/mol. The number of benzene rings is 2. The third kappa shape index (κ3) is 5.29. The van der Waals surface area contributed by atoms with E-state index in [1.807, 2.05) is 25.1 Å². The first-order valence-electron chi connectivity index (χ1n) is 9.28. The molecule has 2 aromatic rings. The van der Waals surface area contributed by atoms with Crippen molar-refractivity contribution in [2.75, 3.05) is 14.2 Å². The maximum absolute atomic E-state index is 12.7. The van der Waals surface area contributed by atoms with Gasteiger partial charge in [-0.05, 0) is 35.6 Å². The Bertz CT molecular complexity index is 704. The van der Waals surface area contributed by atoms with Crippen LogP contribution in [0.15, 0.2) is 42.5 Å². The van der Waals surface area contributed by atoms with Crippen molar-refractivity contribution in [1.29, 1.82) is 0 Å². The van der Waals surface area contributed by atoms with Gasteiger partial charge in [0.15, 0.2) is 6.29 Å². The Morgan fingerprint density at radius 2 is 1.65 bits per heavy atom. The summed E-state index contributed by atoms with van der Waals surface area (Å²) in [4.78, 5) is 12.7. The topological polar surface area (TPSA) is 47.6 Å². The molecule has 1 N–H and O–H groups in total. The van der Waals surface area contributed by atoms with Crippen LogP contribution in [0.4, 0.5) is 0 Å². The number of amides is 1. The fourth-order valence-corrected chi connectivity index (χ4v) is 3.62. The summed E-state index contributed by atoms with van der Waals surface area (Å²) in [5.41, 5.74) is 1.13. The molecule has 0 aliphatic heterocycles. The second-order valence-electron chi connectivity index (χ2n) is 7.29. The average Bonchev–Trinajstić information content (AvgIpc) is 2.61. The van der Waals surface area contributed by atoms with Crippen LogP contribution < -0.4 is 5.32 Å². The third-order valence-corrected chi connectivity index (χ3v) is 4.74. The van der Waals surface area contributed by atoms with Crippen LogP contribution in [0.3, 0.4) is 0 Å². The van der Waals surface area contributed by atoms with Crippen LogP contribution >= 0.6 is 0 Å². The molecular weight excluding hydrogens is 326 g/mol. The predicted octanol–water partition coefficient (Wildman–Crippen LogP) is 4.69. The van der Waals surface area contributed by atoms with Gasteiger partial charge in [-0.2, -0.15) is 0 Å². The van der Waals surface area contributed by atoms with E-state index in [1.165, 1.54) is 10.8 Å². The number of hydrogen-bond acceptors (Lipinski definition) is 3. The van der Waals surface area contributed by atoms with Gasteiger partial charge in [-0.15, -0.1) is 0 Å².